The van der Waals surface area contributed by atoms with E-state index in [1.165, 1.54) is 17.0 Å². The van der Waals surface area contributed by atoms with Crippen LogP contribution in [0.4, 0.5) is 13.2 Å². The fourth-order valence-electron chi connectivity index (χ4n) is 5.72. The van der Waals surface area contributed by atoms with Gasteiger partial charge in [0, 0.05) is 29.9 Å². The van der Waals surface area contributed by atoms with Crippen LogP contribution in [0.15, 0.2) is 130 Å². The van der Waals surface area contributed by atoms with Gasteiger partial charge < -0.3 is 13.3 Å². The van der Waals surface area contributed by atoms with Gasteiger partial charge >= 0.3 is 14.4 Å². The largest absolute Gasteiger partial charge is 0.416 e. The second-order valence-corrected chi connectivity index (χ2v) is 12.1. The maximum absolute atomic E-state index is 12.9. The van der Waals surface area contributed by atoms with Crippen LogP contribution in [0, 0.1) is 0 Å². The first-order chi connectivity index (χ1) is 22.2. The van der Waals surface area contributed by atoms with Gasteiger partial charge in [0.15, 0.2) is 0 Å². The molecule has 0 N–H and O–H groups in total. The lowest BCUT2D eigenvalue weighted by Gasteiger charge is -2.18. The van der Waals surface area contributed by atoms with Crippen molar-refractivity contribution in [3.63, 3.8) is 0 Å². The minimum atomic E-state index is -4.46. The molecule has 0 fully saturated rings. The topological polar surface area (TPSA) is 55.8 Å². The maximum Gasteiger partial charge on any atom is 0.416 e. The normalized spacial score (nSPS) is 11.8. The van der Waals surface area contributed by atoms with Crippen LogP contribution in [0.1, 0.15) is 27.0 Å². The van der Waals surface area contributed by atoms with E-state index < -0.39 is 20.0 Å². The molecule has 1 amide bonds. The zero-order valence-electron chi connectivity index (χ0n) is 24.6. The summed E-state index contributed by atoms with van der Waals surface area (Å²) in [7, 11) is -0.216. The first kappa shape index (κ1) is 29.7. The van der Waals surface area contributed by atoms with Gasteiger partial charge in [-0.1, -0.05) is 84.9 Å². The molecule has 0 bridgehead atoms. The number of halogens is 3. The van der Waals surface area contributed by atoms with Gasteiger partial charge in [-0.2, -0.15) is 13.2 Å². The van der Waals surface area contributed by atoms with E-state index in [4.69, 9.17) is 12.9 Å². The van der Waals surface area contributed by atoms with Crippen LogP contribution >= 0.6 is 8.24 Å². The highest BCUT2D eigenvalue weighted by Crippen LogP contribution is 2.40. The van der Waals surface area contributed by atoms with Crippen molar-refractivity contribution in [2.45, 2.75) is 19.3 Å². The molecule has 0 saturated heterocycles. The number of rotatable bonds is 6. The van der Waals surface area contributed by atoms with Crippen molar-refractivity contribution in [1.82, 2.24) is 4.90 Å². The predicted molar refractivity (Wildman–Crippen MR) is 175 cm³/mol. The number of amides is 1. The average Bonchev–Trinajstić information content (AvgIpc) is 3.24. The van der Waals surface area contributed by atoms with E-state index in [0.717, 1.165) is 55.6 Å². The Labute approximate surface area is 263 Å². The van der Waals surface area contributed by atoms with Gasteiger partial charge in [-0.3, -0.25) is 9.32 Å². The lowest BCUT2D eigenvalue weighted by Crippen LogP contribution is -2.26. The lowest BCUT2D eigenvalue weighted by molar-refractivity contribution is -0.137. The van der Waals surface area contributed by atoms with Gasteiger partial charge in [-0.15, -0.1) is 0 Å². The molecule has 9 heteroatoms. The summed E-state index contributed by atoms with van der Waals surface area (Å²) < 4.78 is 57.9. The minimum absolute atomic E-state index is 0.182. The molecule has 0 aliphatic rings. The standard InChI is InChI=1S/C37H27F3NO4P/c1-41(36(42)28-13-17-29(18-14-28)37(38,39)40)22-24-7-6-8-25(21-24)23-43-46-44-32-19-15-26-9-2-4-11-30(26)34(32)35-31-12-5-3-10-27(31)16-20-33(35)45-46/h2-21H,22-23H2,1H3. The Bertz CT molecular complexity index is 2180. The van der Waals surface area contributed by atoms with Crippen LogP contribution in [0.5, 0.6) is 0 Å². The lowest BCUT2D eigenvalue weighted by atomic mass is 9.99. The number of carbonyl (C=O) groups is 1. The Kier molecular flexibility index (Phi) is 7.77. The molecule has 0 atom stereocenters. The third-order valence-corrected chi connectivity index (χ3v) is 8.96. The van der Waals surface area contributed by atoms with Crippen LogP contribution in [0.25, 0.3) is 43.5 Å². The number of hydrogen-bond donors (Lipinski definition) is 0. The zero-order valence-corrected chi connectivity index (χ0v) is 25.5. The van der Waals surface area contributed by atoms with Gasteiger partial charge in [0.25, 0.3) is 5.91 Å². The first-order valence-electron chi connectivity index (χ1n) is 14.6. The van der Waals surface area contributed by atoms with Crippen molar-refractivity contribution in [2.75, 3.05) is 7.05 Å². The SMILES string of the molecule is CN(Cc1cccc(COp2oc3ccc4ccccc4c3c3c(ccc4ccccc43)o2)c1)C(=O)c1ccc(C(F)(F)F)cc1. The first-order valence-corrected chi connectivity index (χ1v) is 15.7. The third-order valence-electron chi connectivity index (χ3n) is 7.93. The summed E-state index contributed by atoms with van der Waals surface area (Å²) in [6.45, 7) is 0.457. The molecule has 0 spiro atoms. The van der Waals surface area contributed by atoms with E-state index >= 15 is 0 Å². The van der Waals surface area contributed by atoms with Crippen LogP contribution in [0.3, 0.4) is 0 Å². The number of alkyl halides is 3. The molecule has 6 aromatic carbocycles. The summed E-state index contributed by atoms with van der Waals surface area (Å²) in [5, 5.41) is 6.22. The molecule has 0 saturated carbocycles. The van der Waals surface area contributed by atoms with Crippen molar-refractivity contribution in [3.05, 3.63) is 144 Å². The van der Waals surface area contributed by atoms with Crippen LogP contribution in [-0.4, -0.2) is 17.9 Å². The number of carbonyl (C=O) groups excluding carboxylic acids is 1. The molecule has 7 rings (SSSR count). The quantitative estimate of drug-likeness (QED) is 0.182. The van der Waals surface area contributed by atoms with Gasteiger partial charge in [0.2, 0.25) is 0 Å². The van der Waals surface area contributed by atoms with E-state index in [9.17, 15) is 18.0 Å². The Morgan fingerprint density at radius 2 is 1.28 bits per heavy atom. The van der Waals surface area contributed by atoms with Crippen molar-refractivity contribution < 1.29 is 30.9 Å². The van der Waals surface area contributed by atoms with E-state index in [0.29, 0.717) is 11.2 Å². The van der Waals surface area contributed by atoms with E-state index in [1.807, 2.05) is 72.8 Å². The van der Waals surface area contributed by atoms with Crippen LogP contribution < -0.4 is 4.52 Å². The molecule has 7 aromatic rings. The van der Waals surface area contributed by atoms with Crippen molar-refractivity contribution in [1.29, 1.82) is 0 Å². The number of hydrogen-bond acceptors (Lipinski definition) is 4. The molecule has 0 aliphatic heterocycles. The van der Waals surface area contributed by atoms with Crippen molar-refractivity contribution in [3.8, 4) is 0 Å². The Morgan fingerprint density at radius 3 is 1.87 bits per heavy atom. The summed E-state index contributed by atoms with van der Waals surface area (Å²) in [6, 6.07) is 36.2. The highest BCUT2D eigenvalue weighted by molar-refractivity contribution is 7.31. The predicted octanol–water partition coefficient (Wildman–Crippen LogP) is 10.5. The number of nitrogens with zero attached hydrogens (tertiary/aromatic N) is 1. The summed E-state index contributed by atoms with van der Waals surface area (Å²) in [5.41, 5.74) is 2.43. The van der Waals surface area contributed by atoms with Gasteiger partial charge in [0.05, 0.1) is 12.2 Å². The van der Waals surface area contributed by atoms with Crippen LogP contribution in [0.2, 0.25) is 0 Å². The Balaban J connectivity index is 1.17. The highest BCUT2D eigenvalue weighted by Gasteiger charge is 2.30. The Hall–Kier alpha value is -5.04. The van der Waals surface area contributed by atoms with Crippen molar-refractivity contribution in [2.24, 2.45) is 0 Å². The fraction of sp³-hybridized carbons (Fsp3) is 0.108. The molecule has 46 heavy (non-hydrogen) atoms. The smallest absolute Gasteiger partial charge is 0.399 e. The molecule has 1 heterocycles. The molecule has 5 nitrogen and oxygen atoms in total. The summed E-state index contributed by atoms with van der Waals surface area (Å²) >= 11 is 0. The summed E-state index contributed by atoms with van der Waals surface area (Å²) in [6.07, 6.45) is -4.46. The molecular weight excluding hydrogens is 610 g/mol. The van der Waals surface area contributed by atoms with E-state index in [-0.39, 0.29) is 24.6 Å². The minimum Gasteiger partial charge on any atom is -0.399 e. The van der Waals surface area contributed by atoms with E-state index in [1.54, 1.807) is 7.05 Å². The molecule has 1 aromatic heterocycles. The van der Waals surface area contributed by atoms with Gasteiger partial charge in [0.1, 0.15) is 11.2 Å². The maximum atomic E-state index is 12.9. The van der Waals surface area contributed by atoms with E-state index in [2.05, 4.69) is 24.3 Å². The summed E-state index contributed by atoms with van der Waals surface area (Å²) in [5.74, 6) is -0.378. The van der Waals surface area contributed by atoms with Crippen molar-refractivity contribution >= 4 is 57.6 Å². The monoisotopic (exact) mass is 637 g/mol. The Morgan fingerprint density at radius 1 is 0.717 bits per heavy atom. The second kappa shape index (κ2) is 12.0. The zero-order chi connectivity index (χ0) is 31.8. The van der Waals surface area contributed by atoms with Gasteiger partial charge in [-0.25, -0.2) is 0 Å². The molecule has 0 radical (unpaired) electrons. The third kappa shape index (κ3) is 5.85. The molecular formula is C37H27F3NO4P. The number of fused-ring (bicyclic) bond motifs is 7. The fourth-order valence-corrected chi connectivity index (χ4v) is 6.74. The highest BCUT2D eigenvalue weighted by atomic mass is 31.1. The molecule has 0 aliphatic carbocycles. The van der Waals surface area contributed by atoms with Gasteiger partial charge in [-0.05, 0) is 69.1 Å². The second-order valence-electron chi connectivity index (χ2n) is 11.1. The number of benzene rings is 6. The molecule has 230 valence electrons. The molecule has 0 unspecified atom stereocenters. The average molecular weight is 638 g/mol. The summed E-state index contributed by atoms with van der Waals surface area (Å²) in [4.78, 5) is 14.4. The van der Waals surface area contributed by atoms with Crippen LogP contribution in [-0.2, 0) is 19.3 Å².